The predicted octanol–water partition coefficient (Wildman–Crippen LogP) is 3.36. The van der Waals surface area contributed by atoms with Gasteiger partial charge in [0, 0.05) is 18.0 Å². The van der Waals surface area contributed by atoms with E-state index in [1.807, 2.05) is 84.5 Å². The number of aliphatic hydroxyl groups excluding tert-OH is 1. The molecule has 3 rings (SSSR count). The lowest BCUT2D eigenvalue weighted by Crippen LogP contribution is -2.51. The van der Waals surface area contributed by atoms with E-state index in [0.717, 1.165) is 23.3 Å². The standard InChI is InChI=1S/C27H30N2O2S.C9H14F3N3O4/c1-20(19-21-9-5-3-6-10-21)28-27(31)25(17-18-32-2)29-26(30)24-15-13-23(14-16-24)22-11-7-4-8-12-22;10-9(11,12)8(19)5(1-2-6(13)17)15-7(18)3-14-4-16/h3-16,20,25H,17-19H2,1-2H3,(H,28,31)(H,29,30);4-5,8,19H,1-3H2,(H2,13,17)(H,14,16)(H,15,18)/t20-,25?;/m1./s1. The molecular weight excluding hydrogens is 687 g/mol. The number of hydrogen-bond acceptors (Lipinski definition) is 7. The van der Waals surface area contributed by atoms with Gasteiger partial charge in [-0.05, 0) is 67.0 Å². The summed E-state index contributed by atoms with van der Waals surface area (Å²) in [5.41, 5.74) is 8.65. The molecule has 0 aliphatic heterocycles. The molecule has 0 spiro atoms. The average molecular weight is 732 g/mol. The first-order chi connectivity index (χ1) is 24.2. The van der Waals surface area contributed by atoms with Gasteiger partial charge in [0.1, 0.15) is 6.04 Å². The molecule has 276 valence electrons. The van der Waals surface area contributed by atoms with E-state index in [4.69, 9.17) is 10.8 Å². The molecule has 0 fully saturated rings. The minimum absolute atomic E-state index is 0.0243. The van der Waals surface area contributed by atoms with Crippen LogP contribution in [-0.4, -0.2) is 84.1 Å². The topological polar surface area (TPSA) is 180 Å². The summed E-state index contributed by atoms with van der Waals surface area (Å²) in [7, 11) is 0. The second-order valence-corrected chi connectivity index (χ2v) is 12.5. The average Bonchev–Trinajstić information content (AvgIpc) is 3.11. The van der Waals surface area contributed by atoms with E-state index >= 15 is 0 Å². The summed E-state index contributed by atoms with van der Waals surface area (Å²) >= 11 is 1.66. The Kier molecular flexibility index (Phi) is 18.3. The monoisotopic (exact) mass is 731 g/mol. The lowest BCUT2D eigenvalue weighted by Gasteiger charge is -2.25. The second-order valence-electron chi connectivity index (χ2n) is 11.5. The SMILES string of the molecule is CSCCC(NC(=O)c1ccc(-c2ccccc2)cc1)C(=O)N[C@H](C)Cc1ccccc1.NC(=O)CCC(NC(=O)CNC=O)C(O)C(F)(F)F. The maximum Gasteiger partial charge on any atom is 0.416 e. The molecule has 0 saturated carbocycles. The van der Waals surface area contributed by atoms with Gasteiger partial charge in [-0.25, -0.2) is 0 Å². The number of amides is 5. The van der Waals surface area contributed by atoms with Crippen LogP contribution >= 0.6 is 11.8 Å². The highest BCUT2D eigenvalue weighted by Crippen LogP contribution is 2.24. The Morgan fingerprint density at radius 2 is 1.45 bits per heavy atom. The molecule has 51 heavy (non-hydrogen) atoms. The van der Waals surface area contributed by atoms with Gasteiger partial charge in [-0.15, -0.1) is 0 Å². The molecule has 3 aromatic carbocycles. The summed E-state index contributed by atoms with van der Waals surface area (Å²) < 4.78 is 37.0. The molecule has 0 aliphatic rings. The number of halogens is 3. The minimum atomic E-state index is -4.95. The van der Waals surface area contributed by atoms with Crippen LogP contribution in [0.5, 0.6) is 0 Å². The number of rotatable bonds is 18. The fourth-order valence-corrected chi connectivity index (χ4v) is 5.25. The zero-order chi connectivity index (χ0) is 37.8. The van der Waals surface area contributed by atoms with Crippen LogP contribution in [0.25, 0.3) is 11.1 Å². The van der Waals surface area contributed by atoms with Crippen molar-refractivity contribution in [2.45, 2.75) is 63.0 Å². The van der Waals surface area contributed by atoms with E-state index in [1.54, 1.807) is 23.9 Å². The highest BCUT2D eigenvalue weighted by atomic mass is 32.2. The third-order valence-electron chi connectivity index (χ3n) is 7.37. The summed E-state index contributed by atoms with van der Waals surface area (Å²) in [6.45, 7) is 1.45. The molecule has 0 radical (unpaired) electrons. The third kappa shape index (κ3) is 16.1. The van der Waals surface area contributed by atoms with Crippen LogP contribution in [0, 0.1) is 0 Å². The second kappa shape index (κ2) is 22.0. The first kappa shape index (κ1) is 42.3. The van der Waals surface area contributed by atoms with Gasteiger partial charge in [-0.3, -0.25) is 24.0 Å². The maximum atomic E-state index is 12.9. The zero-order valence-corrected chi connectivity index (χ0v) is 29.1. The smallest absolute Gasteiger partial charge is 0.382 e. The van der Waals surface area contributed by atoms with Crippen molar-refractivity contribution >= 4 is 41.8 Å². The Morgan fingerprint density at radius 3 is 2.00 bits per heavy atom. The Labute approximate surface area is 299 Å². The summed E-state index contributed by atoms with van der Waals surface area (Å²) in [4.78, 5) is 57.4. The zero-order valence-electron chi connectivity index (χ0n) is 28.3. The number of hydrogen-bond donors (Lipinski definition) is 6. The van der Waals surface area contributed by atoms with Crippen LogP contribution in [0.1, 0.15) is 42.1 Å². The molecule has 0 heterocycles. The normalized spacial score (nSPS) is 13.2. The number of alkyl halides is 3. The van der Waals surface area contributed by atoms with Gasteiger partial charge >= 0.3 is 6.18 Å². The first-order valence-corrected chi connectivity index (χ1v) is 17.4. The molecule has 3 unspecified atom stereocenters. The Balaban J connectivity index is 0.000000408. The number of carbonyl (C=O) groups excluding carboxylic acids is 5. The van der Waals surface area contributed by atoms with E-state index in [1.165, 1.54) is 5.56 Å². The van der Waals surface area contributed by atoms with Gasteiger partial charge in [0.15, 0.2) is 6.10 Å². The van der Waals surface area contributed by atoms with E-state index in [0.29, 0.717) is 12.0 Å². The molecular formula is C36H44F3N5O6S. The predicted molar refractivity (Wildman–Crippen MR) is 190 cm³/mol. The lowest BCUT2D eigenvalue weighted by atomic mass is 10.0. The van der Waals surface area contributed by atoms with E-state index in [-0.39, 0.29) is 24.3 Å². The van der Waals surface area contributed by atoms with E-state index in [2.05, 4.69) is 22.8 Å². The number of nitrogens with two attached hydrogens (primary N) is 1. The Morgan fingerprint density at radius 1 is 0.863 bits per heavy atom. The summed E-state index contributed by atoms with van der Waals surface area (Å²) in [6, 6.07) is 25.3. The molecule has 11 nitrogen and oxygen atoms in total. The molecule has 7 N–H and O–H groups in total. The maximum absolute atomic E-state index is 12.9. The third-order valence-corrected chi connectivity index (χ3v) is 8.01. The quantitative estimate of drug-likeness (QED) is 0.109. The van der Waals surface area contributed by atoms with Crippen molar-refractivity contribution in [3.63, 3.8) is 0 Å². The van der Waals surface area contributed by atoms with E-state index < -0.39 is 55.6 Å². The van der Waals surface area contributed by atoms with Crippen LogP contribution < -0.4 is 27.0 Å². The summed E-state index contributed by atoms with van der Waals surface area (Å²) in [5, 5.41) is 18.9. The van der Waals surface area contributed by atoms with Gasteiger partial charge in [0.2, 0.25) is 24.1 Å². The minimum Gasteiger partial charge on any atom is -0.382 e. The fraction of sp³-hybridized carbons (Fsp3) is 0.361. The van der Waals surface area contributed by atoms with Crippen molar-refractivity contribution in [3.8, 4) is 11.1 Å². The molecule has 0 aliphatic carbocycles. The fourth-order valence-electron chi connectivity index (χ4n) is 4.78. The number of nitrogens with one attached hydrogen (secondary N) is 4. The van der Waals surface area contributed by atoms with Crippen molar-refractivity contribution in [1.82, 2.24) is 21.3 Å². The van der Waals surface area contributed by atoms with Crippen molar-refractivity contribution in [3.05, 3.63) is 96.1 Å². The molecule has 5 amide bonds. The molecule has 0 saturated heterocycles. The largest absolute Gasteiger partial charge is 0.416 e. The number of primary amides is 1. The first-order valence-electron chi connectivity index (χ1n) is 16.0. The number of carbonyl (C=O) groups is 5. The van der Waals surface area contributed by atoms with Crippen LogP contribution in [0.2, 0.25) is 0 Å². The van der Waals surface area contributed by atoms with Gasteiger partial charge in [0.25, 0.3) is 5.91 Å². The lowest BCUT2D eigenvalue weighted by molar-refractivity contribution is -0.212. The number of benzene rings is 3. The van der Waals surface area contributed by atoms with Crippen molar-refractivity contribution < 1.29 is 42.3 Å². The Hall–Kier alpha value is -4.89. The molecule has 0 aromatic heterocycles. The van der Waals surface area contributed by atoms with Crippen LogP contribution in [0.3, 0.4) is 0 Å². The highest BCUT2D eigenvalue weighted by molar-refractivity contribution is 7.98. The molecule has 3 aromatic rings. The van der Waals surface area contributed by atoms with E-state index in [9.17, 15) is 37.1 Å². The van der Waals surface area contributed by atoms with Gasteiger partial charge in [-0.2, -0.15) is 24.9 Å². The van der Waals surface area contributed by atoms with Gasteiger partial charge < -0.3 is 32.1 Å². The number of thioether (sulfide) groups is 1. The molecule has 15 heteroatoms. The summed E-state index contributed by atoms with van der Waals surface area (Å²) in [6.07, 6.45) is -5.16. The number of aliphatic hydroxyl groups is 1. The van der Waals surface area contributed by atoms with Crippen LogP contribution in [0.15, 0.2) is 84.9 Å². The van der Waals surface area contributed by atoms with Crippen molar-refractivity contribution in [2.24, 2.45) is 5.73 Å². The van der Waals surface area contributed by atoms with Gasteiger partial charge in [0.05, 0.1) is 12.6 Å². The summed E-state index contributed by atoms with van der Waals surface area (Å²) in [5.74, 6) is -1.37. The highest BCUT2D eigenvalue weighted by Gasteiger charge is 2.44. The molecule has 4 atom stereocenters. The van der Waals surface area contributed by atoms with Crippen LogP contribution in [0.4, 0.5) is 13.2 Å². The molecule has 0 bridgehead atoms. The van der Waals surface area contributed by atoms with Gasteiger partial charge in [-0.1, -0.05) is 72.8 Å². The van der Waals surface area contributed by atoms with Crippen molar-refractivity contribution in [1.29, 1.82) is 0 Å². The van der Waals surface area contributed by atoms with Crippen molar-refractivity contribution in [2.75, 3.05) is 18.6 Å². The Bertz CT molecular complexity index is 1530. The van der Waals surface area contributed by atoms with Crippen LogP contribution in [-0.2, 0) is 25.6 Å².